The minimum atomic E-state index is -0.481. The van der Waals surface area contributed by atoms with Gasteiger partial charge >= 0.3 is 5.97 Å². The fraction of sp³-hybridized carbons (Fsp3) is 0.286. The number of likely N-dealkylation sites (N-methyl/N-ethyl adjacent to an activating group) is 1. The molecule has 0 aliphatic carbocycles. The highest BCUT2D eigenvalue weighted by Crippen LogP contribution is 2.31. The van der Waals surface area contributed by atoms with Crippen LogP contribution in [0, 0.1) is 0 Å². The number of carbonyl (C=O) groups excluding carboxylic acids is 2. The Morgan fingerprint density at radius 3 is 2.46 bits per heavy atom. The first kappa shape index (κ1) is 20.4. The Hall–Kier alpha value is -2.38. The molecule has 0 unspecified atom stereocenters. The van der Waals surface area contributed by atoms with Crippen molar-refractivity contribution in [2.45, 2.75) is 23.9 Å². The Morgan fingerprint density at radius 1 is 1.07 bits per heavy atom. The molecule has 0 spiro atoms. The molecule has 7 heteroatoms. The Kier molecular flexibility index (Phi) is 7.06. The number of carbonyl (C=O) groups is 2. The smallest absolute Gasteiger partial charge is 0.338 e. The van der Waals surface area contributed by atoms with E-state index in [1.807, 2.05) is 44.2 Å². The molecule has 1 heterocycles. The van der Waals surface area contributed by atoms with Crippen molar-refractivity contribution in [3.63, 3.8) is 0 Å². The topological polar surface area (TPSA) is 59.5 Å². The van der Waals surface area contributed by atoms with Crippen LogP contribution < -0.4 is 0 Å². The molecule has 146 valence electrons. The lowest BCUT2D eigenvalue weighted by Crippen LogP contribution is -2.34. The third-order valence-corrected chi connectivity index (χ3v) is 6.52. The zero-order valence-corrected chi connectivity index (χ0v) is 17.5. The normalized spacial score (nSPS) is 10.8. The van der Waals surface area contributed by atoms with E-state index in [-0.39, 0.29) is 12.5 Å². The number of thioether (sulfide) groups is 1. The van der Waals surface area contributed by atoms with Gasteiger partial charge in [0.1, 0.15) is 0 Å². The standard InChI is InChI=1S/C21H22N2O3S2/c1-3-23(4-2)19(24)13-26-20(25)16-11-9-15(10-12-16)14-27-21-22-17-7-5-6-8-18(17)28-21/h5-12H,3-4,13-14H2,1-2H3. The lowest BCUT2D eigenvalue weighted by Gasteiger charge is -2.18. The van der Waals surface area contributed by atoms with E-state index < -0.39 is 5.97 Å². The minimum absolute atomic E-state index is 0.179. The van der Waals surface area contributed by atoms with Gasteiger partial charge in [0.15, 0.2) is 10.9 Å². The fourth-order valence-electron chi connectivity index (χ4n) is 2.67. The maximum Gasteiger partial charge on any atom is 0.338 e. The van der Waals surface area contributed by atoms with Crippen molar-refractivity contribution in [2.24, 2.45) is 0 Å². The van der Waals surface area contributed by atoms with Crippen molar-refractivity contribution in [1.29, 1.82) is 0 Å². The van der Waals surface area contributed by atoms with Gasteiger partial charge in [0.05, 0.1) is 15.8 Å². The van der Waals surface area contributed by atoms with Crippen LogP contribution in [-0.2, 0) is 15.3 Å². The maximum absolute atomic E-state index is 12.1. The lowest BCUT2D eigenvalue weighted by atomic mass is 10.1. The Labute approximate surface area is 172 Å². The van der Waals surface area contributed by atoms with Crippen LogP contribution in [0.3, 0.4) is 0 Å². The third-order valence-electron chi connectivity index (χ3n) is 4.27. The molecule has 0 fully saturated rings. The van der Waals surface area contributed by atoms with Gasteiger partial charge in [0.2, 0.25) is 0 Å². The quantitative estimate of drug-likeness (QED) is 0.398. The number of esters is 1. The van der Waals surface area contributed by atoms with Gasteiger partial charge in [-0.05, 0) is 43.7 Å². The van der Waals surface area contributed by atoms with Gasteiger partial charge < -0.3 is 9.64 Å². The summed E-state index contributed by atoms with van der Waals surface area (Å²) in [5.41, 5.74) is 2.56. The van der Waals surface area contributed by atoms with Crippen molar-refractivity contribution in [2.75, 3.05) is 19.7 Å². The zero-order chi connectivity index (χ0) is 19.9. The summed E-state index contributed by atoms with van der Waals surface area (Å²) in [5, 5.41) is 0. The van der Waals surface area contributed by atoms with E-state index in [1.165, 1.54) is 4.70 Å². The number of hydrogen-bond donors (Lipinski definition) is 0. The van der Waals surface area contributed by atoms with Crippen LogP contribution in [0.4, 0.5) is 0 Å². The summed E-state index contributed by atoms with van der Waals surface area (Å²) < 4.78 is 7.34. The van der Waals surface area contributed by atoms with E-state index in [9.17, 15) is 9.59 Å². The maximum atomic E-state index is 12.1. The predicted molar refractivity (Wildman–Crippen MR) is 114 cm³/mol. The Bertz CT molecular complexity index is 917. The molecule has 0 N–H and O–H groups in total. The molecule has 0 atom stereocenters. The summed E-state index contributed by atoms with van der Waals surface area (Å²) in [6.07, 6.45) is 0. The molecule has 1 amide bonds. The molecule has 0 saturated carbocycles. The van der Waals surface area contributed by atoms with Gasteiger partial charge in [0, 0.05) is 18.8 Å². The highest BCUT2D eigenvalue weighted by atomic mass is 32.2. The second-order valence-corrected chi connectivity index (χ2v) is 8.33. The number of benzene rings is 2. The molecule has 0 saturated heterocycles. The molecule has 5 nitrogen and oxygen atoms in total. The molecule has 0 aliphatic rings. The molecule has 0 radical (unpaired) electrons. The predicted octanol–water partition coefficient (Wildman–Crippen LogP) is 4.61. The van der Waals surface area contributed by atoms with Crippen LogP contribution in [0.1, 0.15) is 29.8 Å². The number of rotatable bonds is 8. The highest BCUT2D eigenvalue weighted by molar-refractivity contribution is 8.00. The summed E-state index contributed by atoms with van der Waals surface area (Å²) in [7, 11) is 0. The number of thiazole rings is 1. The second kappa shape index (κ2) is 9.71. The first-order valence-corrected chi connectivity index (χ1v) is 10.9. The first-order chi connectivity index (χ1) is 13.6. The summed E-state index contributed by atoms with van der Waals surface area (Å²) >= 11 is 3.36. The van der Waals surface area contributed by atoms with E-state index in [2.05, 4.69) is 11.1 Å². The van der Waals surface area contributed by atoms with Crippen LogP contribution in [-0.4, -0.2) is 41.5 Å². The second-order valence-electron chi connectivity index (χ2n) is 6.08. The first-order valence-electron chi connectivity index (χ1n) is 9.13. The number of aromatic nitrogens is 1. The number of nitrogens with zero attached hydrogens (tertiary/aromatic N) is 2. The summed E-state index contributed by atoms with van der Waals surface area (Å²) in [4.78, 5) is 30.3. The molecule has 3 rings (SSSR count). The van der Waals surface area contributed by atoms with Gasteiger partial charge in [-0.15, -0.1) is 11.3 Å². The molecule has 1 aromatic heterocycles. The van der Waals surface area contributed by atoms with E-state index in [0.29, 0.717) is 18.7 Å². The third kappa shape index (κ3) is 5.11. The van der Waals surface area contributed by atoms with E-state index in [4.69, 9.17) is 4.74 Å². The van der Waals surface area contributed by atoms with Gasteiger partial charge in [-0.2, -0.15) is 0 Å². The van der Waals surface area contributed by atoms with Crippen LogP contribution >= 0.6 is 23.1 Å². The van der Waals surface area contributed by atoms with Crippen LogP contribution in [0.5, 0.6) is 0 Å². The SMILES string of the molecule is CCN(CC)C(=O)COC(=O)c1ccc(CSc2nc3ccccc3s2)cc1. The number of hydrogen-bond acceptors (Lipinski definition) is 6. The zero-order valence-electron chi connectivity index (χ0n) is 15.9. The van der Waals surface area contributed by atoms with Gasteiger partial charge in [-0.1, -0.05) is 36.0 Å². The van der Waals surface area contributed by atoms with Gasteiger partial charge in [-0.3, -0.25) is 4.79 Å². The van der Waals surface area contributed by atoms with E-state index in [0.717, 1.165) is 21.2 Å². The molecular weight excluding hydrogens is 392 g/mol. The Morgan fingerprint density at radius 2 is 1.79 bits per heavy atom. The average molecular weight is 415 g/mol. The van der Waals surface area contributed by atoms with Gasteiger partial charge in [0.25, 0.3) is 5.91 Å². The molecule has 0 bridgehead atoms. The van der Waals surface area contributed by atoms with Crippen LogP contribution in [0.25, 0.3) is 10.2 Å². The van der Waals surface area contributed by atoms with Crippen molar-refractivity contribution < 1.29 is 14.3 Å². The van der Waals surface area contributed by atoms with Crippen LogP contribution in [0.2, 0.25) is 0 Å². The minimum Gasteiger partial charge on any atom is -0.452 e. The molecule has 28 heavy (non-hydrogen) atoms. The number of ether oxygens (including phenoxy) is 1. The van der Waals surface area contributed by atoms with Crippen molar-refractivity contribution in [1.82, 2.24) is 9.88 Å². The van der Waals surface area contributed by atoms with E-state index in [1.54, 1.807) is 40.1 Å². The monoisotopic (exact) mass is 414 g/mol. The largest absolute Gasteiger partial charge is 0.452 e. The average Bonchev–Trinajstić information content (AvgIpc) is 3.15. The van der Waals surface area contributed by atoms with Crippen molar-refractivity contribution >= 4 is 45.2 Å². The highest BCUT2D eigenvalue weighted by Gasteiger charge is 2.14. The summed E-state index contributed by atoms with van der Waals surface area (Å²) in [5.74, 6) is 0.114. The molecule has 2 aromatic carbocycles. The van der Waals surface area contributed by atoms with E-state index >= 15 is 0 Å². The lowest BCUT2D eigenvalue weighted by molar-refractivity contribution is -0.134. The van der Waals surface area contributed by atoms with Crippen molar-refractivity contribution in [3.05, 3.63) is 59.7 Å². The number of amides is 1. The number of para-hydroxylation sites is 1. The van der Waals surface area contributed by atoms with Crippen LogP contribution in [0.15, 0.2) is 52.9 Å². The number of fused-ring (bicyclic) bond motifs is 1. The van der Waals surface area contributed by atoms with Gasteiger partial charge in [-0.25, -0.2) is 9.78 Å². The molecule has 0 aliphatic heterocycles. The van der Waals surface area contributed by atoms with Crippen molar-refractivity contribution in [3.8, 4) is 0 Å². The summed E-state index contributed by atoms with van der Waals surface area (Å²) in [6.45, 7) is 4.78. The summed E-state index contributed by atoms with van der Waals surface area (Å²) in [6, 6.07) is 15.4. The Balaban J connectivity index is 1.52. The fourth-order valence-corrected chi connectivity index (χ4v) is 4.70. The molecular formula is C21H22N2O3S2. The molecule has 3 aromatic rings.